The number of carbonyl (C=O) groups excluding carboxylic acids is 3. The Balaban J connectivity index is 1.09. The molecule has 0 spiro atoms. The van der Waals surface area contributed by atoms with Crippen molar-refractivity contribution in [1.82, 2.24) is 24.9 Å². The number of benzene rings is 2. The first-order valence-corrected chi connectivity index (χ1v) is 17.3. The molecule has 2 aromatic rings. The lowest BCUT2D eigenvalue weighted by atomic mass is 9.98. The van der Waals surface area contributed by atoms with E-state index in [1.165, 1.54) is 0 Å². The monoisotopic (exact) mass is 646 g/mol. The van der Waals surface area contributed by atoms with E-state index in [2.05, 4.69) is 21.6 Å². The summed E-state index contributed by atoms with van der Waals surface area (Å²) in [6.45, 7) is 11.0. The van der Waals surface area contributed by atoms with E-state index in [0.717, 1.165) is 79.1 Å². The summed E-state index contributed by atoms with van der Waals surface area (Å²) in [5.41, 5.74) is 4.91. The van der Waals surface area contributed by atoms with Crippen molar-refractivity contribution in [2.45, 2.75) is 70.6 Å². The van der Waals surface area contributed by atoms with E-state index in [-0.39, 0.29) is 18.0 Å². The number of aryl methyl sites for hydroxylation is 2. The van der Waals surface area contributed by atoms with Gasteiger partial charge in [0.05, 0.1) is 7.11 Å². The molecule has 3 saturated heterocycles. The summed E-state index contributed by atoms with van der Waals surface area (Å²) >= 11 is 0. The standard InChI is InChI=1S/C36H50N6O5/c1-25-22-27(23-26(2)33(25)46-3)24-32(34(43)40-15-9-29(10-16-40)39-20-13-37-14-21-39)47-36(45)41-17-11-30(12-18-41)42-19-8-28-6-4-5-7-31(28)38-35(42)44/h4-7,22-23,29-30,32,37H,8-21,24H2,1-3H3,(H,38,44)/t32-/m1/s1. The summed E-state index contributed by atoms with van der Waals surface area (Å²) in [5, 5.41) is 6.48. The Labute approximate surface area is 278 Å². The molecule has 6 rings (SSSR count). The van der Waals surface area contributed by atoms with Crippen molar-refractivity contribution in [2.75, 3.05) is 71.3 Å². The first-order valence-electron chi connectivity index (χ1n) is 17.3. The number of nitrogens with one attached hydrogen (secondary N) is 2. The molecule has 11 nitrogen and oxygen atoms in total. The molecule has 4 aliphatic rings. The fourth-order valence-electron chi connectivity index (χ4n) is 7.87. The Morgan fingerprint density at radius 3 is 2.19 bits per heavy atom. The second-order valence-electron chi connectivity index (χ2n) is 13.4. The molecule has 4 amide bonds. The van der Waals surface area contributed by atoms with E-state index in [9.17, 15) is 14.4 Å². The summed E-state index contributed by atoms with van der Waals surface area (Å²) in [6, 6.07) is 12.4. The number of nitrogens with zero attached hydrogens (tertiary/aromatic N) is 4. The lowest BCUT2D eigenvalue weighted by Crippen LogP contribution is -2.54. The van der Waals surface area contributed by atoms with Gasteiger partial charge in [0.15, 0.2) is 6.10 Å². The van der Waals surface area contributed by atoms with Crippen LogP contribution in [0.4, 0.5) is 15.3 Å². The van der Waals surface area contributed by atoms with Gasteiger partial charge < -0.3 is 34.8 Å². The maximum Gasteiger partial charge on any atom is 0.410 e. The summed E-state index contributed by atoms with van der Waals surface area (Å²) in [7, 11) is 1.66. The molecule has 0 radical (unpaired) electrons. The van der Waals surface area contributed by atoms with Crippen LogP contribution in [0.15, 0.2) is 36.4 Å². The zero-order valence-electron chi connectivity index (χ0n) is 28.1. The van der Waals surface area contributed by atoms with Crippen LogP contribution in [0.3, 0.4) is 0 Å². The topological polar surface area (TPSA) is 107 Å². The average molecular weight is 647 g/mol. The minimum absolute atomic E-state index is 0.0352. The molecule has 3 fully saturated rings. The summed E-state index contributed by atoms with van der Waals surface area (Å²) in [6.07, 6.45) is 2.88. The molecule has 0 aliphatic carbocycles. The Kier molecular flexibility index (Phi) is 10.5. The Morgan fingerprint density at radius 1 is 0.872 bits per heavy atom. The molecule has 47 heavy (non-hydrogen) atoms. The molecule has 4 aliphatic heterocycles. The van der Waals surface area contributed by atoms with Crippen LogP contribution in [-0.4, -0.2) is 122 Å². The van der Waals surface area contributed by atoms with Crippen molar-refractivity contribution in [2.24, 2.45) is 0 Å². The second-order valence-corrected chi connectivity index (χ2v) is 13.4. The van der Waals surface area contributed by atoms with E-state index < -0.39 is 12.2 Å². The molecular weight excluding hydrogens is 596 g/mol. The smallest absolute Gasteiger partial charge is 0.410 e. The van der Waals surface area contributed by atoms with Crippen molar-refractivity contribution < 1.29 is 23.9 Å². The first-order chi connectivity index (χ1) is 22.8. The molecule has 254 valence electrons. The maximum absolute atomic E-state index is 14.0. The number of methoxy groups -OCH3 is 1. The summed E-state index contributed by atoms with van der Waals surface area (Å²) < 4.78 is 11.7. The number of ether oxygens (including phenoxy) is 2. The van der Waals surface area contributed by atoms with Gasteiger partial charge in [0.1, 0.15) is 5.75 Å². The zero-order chi connectivity index (χ0) is 32.9. The number of para-hydroxylation sites is 1. The summed E-state index contributed by atoms with van der Waals surface area (Å²) in [4.78, 5) is 48.8. The third-order valence-electron chi connectivity index (χ3n) is 10.4. The number of amides is 4. The number of fused-ring (bicyclic) bond motifs is 1. The van der Waals surface area contributed by atoms with Gasteiger partial charge in [-0.25, -0.2) is 9.59 Å². The number of urea groups is 1. The van der Waals surface area contributed by atoms with Crippen molar-refractivity contribution in [1.29, 1.82) is 0 Å². The van der Waals surface area contributed by atoms with Crippen LogP contribution in [0, 0.1) is 13.8 Å². The molecule has 2 N–H and O–H groups in total. The van der Waals surface area contributed by atoms with Gasteiger partial charge in [-0.15, -0.1) is 0 Å². The summed E-state index contributed by atoms with van der Waals surface area (Å²) in [5.74, 6) is 0.701. The number of rotatable bonds is 7. The largest absolute Gasteiger partial charge is 0.496 e. The lowest BCUT2D eigenvalue weighted by molar-refractivity contribution is -0.142. The van der Waals surface area contributed by atoms with Crippen LogP contribution in [0.2, 0.25) is 0 Å². The number of piperidine rings is 2. The van der Waals surface area contributed by atoms with Crippen LogP contribution >= 0.6 is 0 Å². The van der Waals surface area contributed by atoms with Crippen molar-refractivity contribution in [3.63, 3.8) is 0 Å². The van der Waals surface area contributed by atoms with Crippen molar-refractivity contribution in [3.05, 3.63) is 58.7 Å². The number of anilines is 1. The van der Waals surface area contributed by atoms with E-state index in [1.54, 1.807) is 12.0 Å². The Bertz CT molecular complexity index is 1410. The van der Waals surface area contributed by atoms with Crippen molar-refractivity contribution >= 4 is 23.7 Å². The third kappa shape index (κ3) is 7.67. The van der Waals surface area contributed by atoms with E-state index >= 15 is 0 Å². The second kappa shape index (κ2) is 14.9. The SMILES string of the molecule is COc1c(C)cc(C[C@@H](OC(=O)N2CCC(N3CCc4ccccc4NC3=O)CC2)C(=O)N2CCC(N3CCNCC3)CC2)cc1C. The molecule has 0 saturated carbocycles. The molecule has 0 bridgehead atoms. The predicted octanol–water partition coefficient (Wildman–Crippen LogP) is 3.81. The fraction of sp³-hybridized carbons (Fsp3) is 0.583. The van der Waals surface area contributed by atoms with Crippen LogP contribution in [0.5, 0.6) is 5.75 Å². The minimum atomic E-state index is -0.918. The minimum Gasteiger partial charge on any atom is -0.496 e. The molecule has 0 aromatic heterocycles. The molecule has 0 unspecified atom stereocenters. The number of hydrogen-bond acceptors (Lipinski definition) is 7. The van der Waals surface area contributed by atoms with Crippen LogP contribution in [-0.2, 0) is 22.4 Å². The van der Waals surface area contributed by atoms with Gasteiger partial charge in [0.25, 0.3) is 5.91 Å². The predicted molar refractivity (Wildman–Crippen MR) is 181 cm³/mol. The van der Waals surface area contributed by atoms with Gasteiger partial charge in [-0.2, -0.15) is 0 Å². The van der Waals surface area contributed by atoms with Gasteiger partial charge in [-0.3, -0.25) is 9.69 Å². The van der Waals surface area contributed by atoms with Gasteiger partial charge in [0, 0.05) is 83.1 Å². The number of carbonyl (C=O) groups is 3. The van der Waals surface area contributed by atoms with Gasteiger partial charge in [-0.1, -0.05) is 30.3 Å². The number of piperazine rings is 1. The third-order valence-corrected chi connectivity index (χ3v) is 10.4. The first kappa shape index (κ1) is 33.1. The fourth-order valence-corrected chi connectivity index (χ4v) is 7.87. The van der Waals surface area contributed by atoms with E-state index in [0.29, 0.717) is 58.0 Å². The molecule has 4 heterocycles. The van der Waals surface area contributed by atoms with E-state index in [4.69, 9.17) is 9.47 Å². The average Bonchev–Trinajstić information content (AvgIpc) is 3.26. The zero-order valence-corrected chi connectivity index (χ0v) is 28.1. The van der Waals surface area contributed by atoms with Gasteiger partial charge in [-0.05, 0) is 74.3 Å². The quantitative estimate of drug-likeness (QED) is 0.472. The highest BCUT2D eigenvalue weighted by atomic mass is 16.6. The van der Waals surface area contributed by atoms with Crippen LogP contribution in [0.25, 0.3) is 0 Å². The van der Waals surface area contributed by atoms with Gasteiger partial charge >= 0.3 is 12.1 Å². The molecule has 2 aromatic carbocycles. The van der Waals surface area contributed by atoms with Gasteiger partial charge in [0.2, 0.25) is 0 Å². The van der Waals surface area contributed by atoms with Crippen LogP contribution < -0.4 is 15.4 Å². The number of hydrogen-bond donors (Lipinski definition) is 2. The maximum atomic E-state index is 14.0. The number of likely N-dealkylation sites (tertiary alicyclic amines) is 2. The Hall–Kier alpha value is -3.83. The van der Waals surface area contributed by atoms with Crippen molar-refractivity contribution in [3.8, 4) is 5.75 Å². The molecule has 1 atom stereocenters. The molecule has 11 heteroatoms. The normalized spacial score (nSPS) is 20.7. The lowest BCUT2D eigenvalue weighted by Gasteiger charge is -2.41. The highest BCUT2D eigenvalue weighted by Gasteiger charge is 2.36. The van der Waals surface area contributed by atoms with E-state index in [1.807, 2.05) is 54.0 Å². The van der Waals surface area contributed by atoms with Crippen LogP contribution in [0.1, 0.15) is 47.9 Å². The highest BCUT2D eigenvalue weighted by molar-refractivity contribution is 5.91. The highest BCUT2D eigenvalue weighted by Crippen LogP contribution is 2.28. The molecular formula is C36H50N6O5. The Morgan fingerprint density at radius 2 is 1.51 bits per heavy atom.